The monoisotopic (exact) mass is 237 g/mol. The first-order valence-electron chi connectivity index (χ1n) is 7.54. The van der Waals surface area contributed by atoms with Gasteiger partial charge in [-0.25, -0.2) is 0 Å². The molecule has 0 spiro atoms. The molecule has 0 aromatic carbocycles. The number of hydrogen-bond donors (Lipinski definition) is 1. The zero-order chi connectivity index (χ0) is 12.6. The summed E-state index contributed by atoms with van der Waals surface area (Å²) in [6.07, 6.45) is 14.3. The number of unbranched alkanes of at least 4 members (excludes halogenated alkanes) is 3. The summed E-state index contributed by atoms with van der Waals surface area (Å²) in [5.74, 6) is 0. The number of allylic oxidation sites excluding steroid dienone is 1. The summed E-state index contributed by atoms with van der Waals surface area (Å²) in [5, 5.41) is 3.68. The summed E-state index contributed by atoms with van der Waals surface area (Å²) in [7, 11) is 0. The third-order valence-corrected chi connectivity index (χ3v) is 4.21. The smallest absolute Gasteiger partial charge is 0.00724 e. The second-order valence-electron chi connectivity index (χ2n) is 6.09. The van der Waals surface area contributed by atoms with Crippen LogP contribution in [0.25, 0.3) is 0 Å². The van der Waals surface area contributed by atoms with E-state index in [0.29, 0.717) is 5.41 Å². The minimum Gasteiger partial charge on any atom is -0.314 e. The van der Waals surface area contributed by atoms with Crippen LogP contribution in [0.4, 0.5) is 0 Å². The van der Waals surface area contributed by atoms with Gasteiger partial charge in [0.15, 0.2) is 0 Å². The molecule has 1 aliphatic carbocycles. The molecule has 100 valence electrons. The molecule has 0 saturated heterocycles. The van der Waals surface area contributed by atoms with Crippen molar-refractivity contribution in [3.63, 3.8) is 0 Å². The molecule has 0 radical (unpaired) electrons. The van der Waals surface area contributed by atoms with E-state index in [9.17, 15) is 0 Å². The molecule has 0 bridgehead atoms. The predicted octanol–water partition coefficient (Wildman–Crippen LogP) is 4.68. The van der Waals surface area contributed by atoms with E-state index in [1.54, 1.807) is 0 Å². The van der Waals surface area contributed by atoms with E-state index in [-0.39, 0.29) is 0 Å². The van der Waals surface area contributed by atoms with E-state index in [0.717, 1.165) is 6.04 Å². The molecule has 1 heteroatoms. The van der Waals surface area contributed by atoms with Gasteiger partial charge in [-0.1, -0.05) is 32.8 Å². The van der Waals surface area contributed by atoms with Crippen LogP contribution in [-0.2, 0) is 0 Å². The van der Waals surface area contributed by atoms with E-state index in [1.807, 2.05) is 6.08 Å². The van der Waals surface area contributed by atoms with Crippen LogP contribution in [0.3, 0.4) is 0 Å². The molecule has 0 amide bonds. The van der Waals surface area contributed by atoms with E-state index in [1.165, 1.54) is 64.3 Å². The van der Waals surface area contributed by atoms with Gasteiger partial charge in [0.1, 0.15) is 0 Å². The Morgan fingerprint density at radius 2 is 2.18 bits per heavy atom. The first-order valence-corrected chi connectivity index (χ1v) is 7.54. The molecule has 1 N–H and O–H groups in total. The Morgan fingerprint density at radius 1 is 1.35 bits per heavy atom. The lowest BCUT2D eigenvalue weighted by molar-refractivity contribution is 0.286. The standard InChI is InChI=1S/C16H31N/c1-4-6-7-8-9-11-16(3)12-10-15(14-16)17-13-5-2/h4,15,17H,1,5-14H2,2-3H3. The summed E-state index contributed by atoms with van der Waals surface area (Å²) in [5.41, 5.74) is 0.625. The Morgan fingerprint density at radius 3 is 2.88 bits per heavy atom. The van der Waals surface area contributed by atoms with Gasteiger partial charge in [0, 0.05) is 6.04 Å². The molecular weight excluding hydrogens is 206 g/mol. The minimum atomic E-state index is 0.625. The Balaban J connectivity index is 2.13. The van der Waals surface area contributed by atoms with Crippen LogP contribution in [-0.4, -0.2) is 12.6 Å². The third-order valence-electron chi connectivity index (χ3n) is 4.21. The van der Waals surface area contributed by atoms with E-state index < -0.39 is 0 Å². The Hall–Kier alpha value is -0.300. The van der Waals surface area contributed by atoms with Gasteiger partial charge in [-0.2, -0.15) is 0 Å². The van der Waals surface area contributed by atoms with Gasteiger partial charge in [-0.15, -0.1) is 6.58 Å². The average molecular weight is 237 g/mol. The van der Waals surface area contributed by atoms with Gasteiger partial charge < -0.3 is 5.32 Å². The molecular formula is C16H31N. The van der Waals surface area contributed by atoms with Crippen molar-refractivity contribution in [2.75, 3.05) is 6.54 Å². The van der Waals surface area contributed by atoms with Crippen LogP contribution < -0.4 is 5.32 Å². The summed E-state index contributed by atoms with van der Waals surface area (Å²) >= 11 is 0. The highest BCUT2D eigenvalue weighted by Gasteiger charge is 2.33. The van der Waals surface area contributed by atoms with Crippen LogP contribution in [0.1, 0.15) is 71.6 Å². The lowest BCUT2D eigenvalue weighted by Gasteiger charge is -2.24. The van der Waals surface area contributed by atoms with Crippen molar-refractivity contribution in [1.29, 1.82) is 0 Å². The van der Waals surface area contributed by atoms with Crippen molar-refractivity contribution in [2.24, 2.45) is 5.41 Å². The lowest BCUT2D eigenvalue weighted by atomic mass is 9.83. The largest absolute Gasteiger partial charge is 0.314 e. The molecule has 1 fully saturated rings. The molecule has 1 nitrogen and oxygen atoms in total. The number of hydrogen-bond acceptors (Lipinski definition) is 1. The van der Waals surface area contributed by atoms with E-state index in [4.69, 9.17) is 0 Å². The molecule has 2 unspecified atom stereocenters. The number of nitrogens with one attached hydrogen (secondary N) is 1. The third kappa shape index (κ3) is 5.72. The second kappa shape index (κ2) is 7.92. The first-order chi connectivity index (χ1) is 8.20. The minimum absolute atomic E-state index is 0.625. The molecule has 0 aromatic heterocycles. The second-order valence-corrected chi connectivity index (χ2v) is 6.09. The van der Waals surface area contributed by atoms with Gasteiger partial charge in [0.25, 0.3) is 0 Å². The van der Waals surface area contributed by atoms with Crippen LogP contribution in [0.5, 0.6) is 0 Å². The fraction of sp³-hybridized carbons (Fsp3) is 0.875. The van der Waals surface area contributed by atoms with Gasteiger partial charge in [0.05, 0.1) is 0 Å². The van der Waals surface area contributed by atoms with Gasteiger partial charge in [-0.05, 0) is 56.9 Å². The van der Waals surface area contributed by atoms with Crippen molar-refractivity contribution < 1.29 is 0 Å². The van der Waals surface area contributed by atoms with Crippen molar-refractivity contribution in [2.45, 2.75) is 77.7 Å². The summed E-state index contributed by atoms with van der Waals surface area (Å²) in [6.45, 7) is 9.72. The molecule has 2 atom stereocenters. The molecule has 0 heterocycles. The molecule has 0 aliphatic heterocycles. The van der Waals surface area contributed by atoms with Gasteiger partial charge in [0.2, 0.25) is 0 Å². The highest BCUT2D eigenvalue weighted by molar-refractivity contribution is 4.89. The molecule has 1 saturated carbocycles. The Labute approximate surface area is 108 Å². The fourth-order valence-corrected chi connectivity index (χ4v) is 3.09. The lowest BCUT2D eigenvalue weighted by Crippen LogP contribution is -2.28. The Bertz CT molecular complexity index is 212. The summed E-state index contributed by atoms with van der Waals surface area (Å²) < 4.78 is 0. The van der Waals surface area contributed by atoms with Crippen LogP contribution >= 0.6 is 0 Å². The van der Waals surface area contributed by atoms with Crippen LogP contribution in [0.15, 0.2) is 12.7 Å². The number of rotatable bonds is 9. The van der Waals surface area contributed by atoms with E-state index >= 15 is 0 Å². The summed E-state index contributed by atoms with van der Waals surface area (Å²) in [4.78, 5) is 0. The first kappa shape index (κ1) is 14.8. The van der Waals surface area contributed by atoms with Crippen molar-refractivity contribution in [3.8, 4) is 0 Å². The van der Waals surface area contributed by atoms with Gasteiger partial charge >= 0.3 is 0 Å². The summed E-state index contributed by atoms with van der Waals surface area (Å²) in [6, 6.07) is 0.799. The predicted molar refractivity (Wildman–Crippen MR) is 77.3 cm³/mol. The van der Waals surface area contributed by atoms with Crippen molar-refractivity contribution >= 4 is 0 Å². The molecule has 1 rings (SSSR count). The van der Waals surface area contributed by atoms with Crippen LogP contribution in [0.2, 0.25) is 0 Å². The maximum atomic E-state index is 3.78. The maximum Gasteiger partial charge on any atom is 0.00724 e. The fourth-order valence-electron chi connectivity index (χ4n) is 3.09. The van der Waals surface area contributed by atoms with E-state index in [2.05, 4.69) is 25.7 Å². The van der Waals surface area contributed by atoms with Crippen molar-refractivity contribution in [3.05, 3.63) is 12.7 Å². The van der Waals surface area contributed by atoms with Crippen molar-refractivity contribution in [1.82, 2.24) is 5.32 Å². The topological polar surface area (TPSA) is 12.0 Å². The zero-order valence-electron chi connectivity index (χ0n) is 11.9. The van der Waals surface area contributed by atoms with Gasteiger partial charge in [-0.3, -0.25) is 0 Å². The molecule has 0 aromatic rings. The highest BCUT2D eigenvalue weighted by Crippen LogP contribution is 2.42. The average Bonchev–Trinajstić information content (AvgIpc) is 2.69. The normalized spacial score (nSPS) is 28.5. The zero-order valence-corrected chi connectivity index (χ0v) is 11.9. The highest BCUT2D eigenvalue weighted by atomic mass is 14.9. The Kier molecular flexibility index (Phi) is 6.87. The van der Waals surface area contributed by atoms with Crippen LogP contribution in [0, 0.1) is 5.41 Å². The molecule has 1 aliphatic rings. The molecule has 17 heavy (non-hydrogen) atoms. The maximum absolute atomic E-state index is 3.78. The quantitative estimate of drug-likeness (QED) is 0.453. The SMILES string of the molecule is C=CCCCCCC1(C)CCC(NCCC)C1.